The molecule has 1 saturated heterocycles. The minimum Gasteiger partial charge on any atom is -0.352 e. The molecule has 0 aliphatic carbocycles. The lowest BCUT2D eigenvalue weighted by Crippen LogP contribution is -2.36. The van der Waals surface area contributed by atoms with Gasteiger partial charge in [-0.1, -0.05) is 0 Å². The summed E-state index contributed by atoms with van der Waals surface area (Å²) >= 11 is 0. The highest BCUT2D eigenvalue weighted by atomic mass is 16.1. The Bertz CT molecular complexity index is 371. The van der Waals surface area contributed by atoms with Crippen molar-refractivity contribution in [2.75, 3.05) is 13.1 Å². The first-order chi connectivity index (χ1) is 9.24. The van der Waals surface area contributed by atoms with Crippen LogP contribution in [0.4, 0.5) is 0 Å². The van der Waals surface area contributed by atoms with Crippen LogP contribution in [0.15, 0.2) is 18.7 Å². The zero-order chi connectivity index (χ0) is 13.5. The van der Waals surface area contributed by atoms with Crippen molar-refractivity contribution in [3.8, 4) is 0 Å². The summed E-state index contributed by atoms with van der Waals surface area (Å²) < 4.78 is 1.98. The minimum absolute atomic E-state index is 0.145. The van der Waals surface area contributed by atoms with Crippen molar-refractivity contribution in [3.05, 3.63) is 18.7 Å². The molecule has 1 aliphatic rings. The molecule has 5 nitrogen and oxygen atoms in total. The minimum atomic E-state index is 0.145. The van der Waals surface area contributed by atoms with Gasteiger partial charge in [-0.05, 0) is 45.2 Å². The summed E-state index contributed by atoms with van der Waals surface area (Å²) in [7, 11) is 0. The highest BCUT2D eigenvalue weighted by Gasteiger charge is 2.15. The second-order valence-electron chi connectivity index (χ2n) is 5.48. The van der Waals surface area contributed by atoms with Crippen LogP contribution in [-0.4, -0.2) is 34.6 Å². The van der Waals surface area contributed by atoms with E-state index in [1.165, 1.54) is 12.8 Å². The first-order valence-electron chi connectivity index (χ1n) is 7.20. The van der Waals surface area contributed by atoms with Gasteiger partial charge in [0.05, 0.1) is 6.33 Å². The van der Waals surface area contributed by atoms with Crippen LogP contribution < -0.4 is 10.6 Å². The fourth-order valence-corrected chi connectivity index (χ4v) is 2.61. The number of hydrogen-bond acceptors (Lipinski definition) is 3. The summed E-state index contributed by atoms with van der Waals surface area (Å²) in [4.78, 5) is 15.9. The average molecular weight is 264 g/mol. The molecule has 2 atom stereocenters. The number of nitrogens with zero attached hydrogens (tertiary/aromatic N) is 2. The molecule has 1 amide bonds. The molecule has 2 heterocycles. The standard InChI is InChI=1S/C14H24N4O/c1-12(10-18-8-7-16-11-18)17-14(19)5-4-13-3-2-6-15-9-13/h7-8,11-13,15H,2-6,9-10H2,1H3,(H,17,19). The first kappa shape index (κ1) is 14.1. The molecule has 106 valence electrons. The maximum Gasteiger partial charge on any atom is 0.220 e. The van der Waals surface area contributed by atoms with E-state index in [1.807, 2.05) is 17.7 Å². The van der Waals surface area contributed by atoms with Gasteiger partial charge in [-0.15, -0.1) is 0 Å². The normalized spacial score (nSPS) is 21.0. The Kier molecular flexibility index (Phi) is 5.39. The lowest BCUT2D eigenvalue weighted by Gasteiger charge is -2.22. The number of rotatable bonds is 6. The van der Waals surface area contributed by atoms with E-state index in [9.17, 15) is 4.79 Å². The molecule has 5 heteroatoms. The molecule has 0 aromatic carbocycles. The van der Waals surface area contributed by atoms with Crippen LogP contribution in [0, 0.1) is 5.92 Å². The van der Waals surface area contributed by atoms with Gasteiger partial charge in [0.1, 0.15) is 0 Å². The maximum atomic E-state index is 11.9. The van der Waals surface area contributed by atoms with E-state index in [1.54, 1.807) is 12.5 Å². The molecule has 2 unspecified atom stereocenters. The van der Waals surface area contributed by atoms with Crippen LogP contribution in [0.2, 0.25) is 0 Å². The SMILES string of the molecule is CC(Cn1ccnc1)NC(=O)CCC1CCCNC1. The lowest BCUT2D eigenvalue weighted by molar-refractivity contribution is -0.122. The van der Waals surface area contributed by atoms with E-state index in [0.29, 0.717) is 12.3 Å². The monoisotopic (exact) mass is 264 g/mol. The zero-order valence-electron chi connectivity index (χ0n) is 11.6. The van der Waals surface area contributed by atoms with Gasteiger partial charge < -0.3 is 15.2 Å². The number of piperidine rings is 1. The number of amides is 1. The van der Waals surface area contributed by atoms with Crippen molar-refractivity contribution >= 4 is 5.91 Å². The first-order valence-corrected chi connectivity index (χ1v) is 7.20. The molecule has 2 N–H and O–H groups in total. The Hall–Kier alpha value is -1.36. The summed E-state index contributed by atoms with van der Waals surface area (Å²) in [6.07, 6.45) is 9.57. The highest BCUT2D eigenvalue weighted by molar-refractivity contribution is 5.76. The Balaban J connectivity index is 1.63. The molecule has 1 aromatic rings. The second kappa shape index (κ2) is 7.28. The topological polar surface area (TPSA) is 59.0 Å². The Morgan fingerprint density at radius 2 is 2.53 bits per heavy atom. The largest absolute Gasteiger partial charge is 0.352 e. The predicted octanol–water partition coefficient (Wildman–Crippen LogP) is 1.17. The smallest absolute Gasteiger partial charge is 0.220 e. The average Bonchev–Trinajstić information content (AvgIpc) is 2.90. The number of hydrogen-bond donors (Lipinski definition) is 2. The molecule has 1 aromatic heterocycles. The summed E-state index contributed by atoms with van der Waals surface area (Å²) in [5, 5.41) is 6.44. The number of aromatic nitrogens is 2. The van der Waals surface area contributed by atoms with Crippen molar-refractivity contribution in [1.29, 1.82) is 0 Å². The van der Waals surface area contributed by atoms with Crippen molar-refractivity contribution in [1.82, 2.24) is 20.2 Å². The van der Waals surface area contributed by atoms with Crippen LogP contribution in [0.3, 0.4) is 0 Å². The molecule has 0 bridgehead atoms. The van der Waals surface area contributed by atoms with E-state index < -0.39 is 0 Å². The quantitative estimate of drug-likeness (QED) is 0.811. The summed E-state index contributed by atoms with van der Waals surface area (Å²) in [5.41, 5.74) is 0. The molecule has 0 saturated carbocycles. The molecule has 19 heavy (non-hydrogen) atoms. The van der Waals surface area contributed by atoms with Gasteiger partial charge in [0.2, 0.25) is 5.91 Å². The molecular weight excluding hydrogens is 240 g/mol. The second-order valence-corrected chi connectivity index (χ2v) is 5.48. The van der Waals surface area contributed by atoms with Gasteiger partial charge in [-0.2, -0.15) is 0 Å². The van der Waals surface area contributed by atoms with E-state index in [0.717, 1.165) is 26.1 Å². The van der Waals surface area contributed by atoms with Gasteiger partial charge in [0, 0.05) is 31.4 Å². The van der Waals surface area contributed by atoms with Crippen LogP contribution >= 0.6 is 0 Å². The fourth-order valence-electron chi connectivity index (χ4n) is 2.61. The van der Waals surface area contributed by atoms with Crippen LogP contribution in [-0.2, 0) is 11.3 Å². The van der Waals surface area contributed by atoms with Gasteiger partial charge in [-0.25, -0.2) is 4.98 Å². The van der Waals surface area contributed by atoms with E-state index in [4.69, 9.17) is 0 Å². The molecular formula is C14H24N4O. The number of imidazole rings is 1. The fraction of sp³-hybridized carbons (Fsp3) is 0.714. The van der Waals surface area contributed by atoms with Crippen molar-refractivity contribution in [3.63, 3.8) is 0 Å². The third kappa shape index (κ3) is 5.03. The van der Waals surface area contributed by atoms with Crippen LogP contribution in [0.1, 0.15) is 32.6 Å². The van der Waals surface area contributed by atoms with Gasteiger partial charge in [0.25, 0.3) is 0 Å². The van der Waals surface area contributed by atoms with E-state index in [2.05, 4.69) is 15.6 Å². The third-order valence-corrected chi connectivity index (χ3v) is 3.63. The number of nitrogens with one attached hydrogen (secondary N) is 2. The van der Waals surface area contributed by atoms with Crippen molar-refractivity contribution in [2.24, 2.45) is 5.92 Å². The Morgan fingerprint density at radius 1 is 1.63 bits per heavy atom. The molecule has 2 rings (SSSR count). The van der Waals surface area contributed by atoms with Crippen LogP contribution in [0.25, 0.3) is 0 Å². The van der Waals surface area contributed by atoms with E-state index in [-0.39, 0.29) is 11.9 Å². The lowest BCUT2D eigenvalue weighted by atomic mass is 9.94. The van der Waals surface area contributed by atoms with Gasteiger partial charge in [0.15, 0.2) is 0 Å². The van der Waals surface area contributed by atoms with Crippen LogP contribution in [0.5, 0.6) is 0 Å². The molecule has 1 aliphatic heterocycles. The summed E-state index contributed by atoms with van der Waals surface area (Å²) in [6, 6.07) is 0.145. The van der Waals surface area contributed by atoms with E-state index >= 15 is 0 Å². The Morgan fingerprint density at radius 3 is 3.21 bits per heavy atom. The third-order valence-electron chi connectivity index (χ3n) is 3.63. The molecule has 1 fully saturated rings. The molecule has 0 radical (unpaired) electrons. The predicted molar refractivity (Wildman–Crippen MR) is 74.7 cm³/mol. The van der Waals surface area contributed by atoms with Gasteiger partial charge >= 0.3 is 0 Å². The van der Waals surface area contributed by atoms with Gasteiger partial charge in [-0.3, -0.25) is 4.79 Å². The number of carbonyl (C=O) groups excluding carboxylic acids is 1. The Labute approximate surface area is 114 Å². The molecule has 0 spiro atoms. The number of carbonyl (C=O) groups is 1. The highest BCUT2D eigenvalue weighted by Crippen LogP contribution is 2.15. The maximum absolute atomic E-state index is 11.9. The van der Waals surface area contributed by atoms with Crippen molar-refractivity contribution < 1.29 is 4.79 Å². The summed E-state index contributed by atoms with van der Waals surface area (Å²) in [6.45, 7) is 5.00. The summed E-state index contributed by atoms with van der Waals surface area (Å²) in [5.74, 6) is 0.835. The zero-order valence-corrected chi connectivity index (χ0v) is 11.6. The van der Waals surface area contributed by atoms with Crippen molar-refractivity contribution in [2.45, 2.75) is 45.2 Å².